The molecule has 0 spiro atoms. The summed E-state index contributed by atoms with van der Waals surface area (Å²) in [6.45, 7) is 10.8. The monoisotopic (exact) mass is 267 g/mol. The maximum absolute atomic E-state index is 3.61. The third kappa shape index (κ3) is 3.71. The first-order valence-electron chi connectivity index (χ1n) is 8.16. The molecule has 1 heterocycles. The van der Waals surface area contributed by atoms with Gasteiger partial charge in [-0.05, 0) is 44.8 Å². The Balaban J connectivity index is 1.91. The molecule has 0 aromatic rings. The van der Waals surface area contributed by atoms with Gasteiger partial charge in [0.2, 0.25) is 0 Å². The maximum Gasteiger partial charge on any atom is 0.0254 e. The molecule has 3 heteroatoms. The standard InChI is InChI=1S/C16H33N3/c1-5-17-12-16(8-6-7-9-16)13-19-10-14(2)15(11-19)18(3)4/h14-15,17H,5-13H2,1-4H3. The van der Waals surface area contributed by atoms with Gasteiger partial charge in [0.05, 0.1) is 0 Å². The van der Waals surface area contributed by atoms with E-state index in [0.717, 1.165) is 18.5 Å². The number of likely N-dealkylation sites (N-methyl/N-ethyl adjacent to an activating group) is 1. The van der Waals surface area contributed by atoms with Crippen LogP contribution >= 0.6 is 0 Å². The van der Waals surface area contributed by atoms with E-state index in [0.29, 0.717) is 5.41 Å². The summed E-state index contributed by atoms with van der Waals surface area (Å²) in [7, 11) is 4.46. The van der Waals surface area contributed by atoms with Crippen LogP contribution < -0.4 is 5.32 Å². The average molecular weight is 267 g/mol. The van der Waals surface area contributed by atoms with Crippen LogP contribution in [0.2, 0.25) is 0 Å². The van der Waals surface area contributed by atoms with Crippen LogP contribution in [-0.4, -0.2) is 62.7 Å². The summed E-state index contributed by atoms with van der Waals surface area (Å²) < 4.78 is 0. The Kier molecular flexibility index (Phi) is 5.27. The molecule has 2 rings (SSSR count). The van der Waals surface area contributed by atoms with Crippen molar-refractivity contribution in [3.05, 3.63) is 0 Å². The molecule has 1 aliphatic carbocycles. The molecule has 2 aliphatic rings. The van der Waals surface area contributed by atoms with Gasteiger partial charge in [0.25, 0.3) is 0 Å². The molecule has 0 radical (unpaired) electrons. The second-order valence-electron chi connectivity index (χ2n) is 7.19. The molecule has 0 bridgehead atoms. The van der Waals surface area contributed by atoms with E-state index in [9.17, 15) is 0 Å². The van der Waals surface area contributed by atoms with Gasteiger partial charge in [-0.3, -0.25) is 0 Å². The minimum absolute atomic E-state index is 0.566. The van der Waals surface area contributed by atoms with Crippen molar-refractivity contribution in [2.75, 3.05) is 46.8 Å². The van der Waals surface area contributed by atoms with Crippen LogP contribution in [-0.2, 0) is 0 Å². The van der Waals surface area contributed by atoms with Gasteiger partial charge in [0.1, 0.15) is 0 Å². The molecule has 2 unspecified atom stereocenters. The first-order chi connectivity index (χ1) is 9.06. The molecule has 0 amide bonds. The average Bonchev–Trinajstić information content (AvgIpc) is 2.95. The molecule has 112 valence electrons. The Morgan fingerprint density at radius 3 is 2.42 bits per heavy atom. The van der Waals surface area contributed by atoms with E-state index in [4.69, 9.17) is 0 Å². The van der Waals surface area contributed by atoms with E-state index in [1.807, 2.05) is 0 Å². The number of nitrogens with zero attached hydrogens (tertiary/aromatic N) is 2. The fourth-order valence-electron chi connectivity index (χ4n) is 4.23. The van der Waals surface area contributed by atoms with Crippen molar-refractivity contribution >= 4 is 0 Å². The van der Waals surface area contributed by atoms with E-state index in [2.05, 4.69) is 43.1 Å². The minimum atomic E-state index is 0.566. The maximum atomic E-state index is 3.61. The third-order valence-electron chi connectivity index (χ3n) is 5.28. The zero-order valence-electron chi connectivity index (χ0n) is 13.4. The molecule has 1 saturated heterocycles. The van der Waals surface area contributed by atoms with Gasteiger partial charge in [-0.25, -0.2) is 0 Å². The van der Waals surface area contributed by atoms with Gasteiger partial charge >= 0.3 is 0 Å². The highest BCUT2D eigenvalue weighted by atomic mass is 15.2. The first kappa shape index (κ1) is 15.3. The van der Waals surface area contributed by atoms with Crippen LogP contribution in [0.3, 0.4) is 0 Å². The van der Waals surface area contributed by atoms with Crippen molar-refractivity contribution in [3.63, 3.8) is 0 Å². The molecule has 1 N–H and O–H groups in total. The van der Waals surface area contributed by atoms with E-state index >= 15 is 0 Å². The predicted octanol–water partition coefficient (Wildman–Crippen LogP) is 2.04. The molecule has 1 aliphatic heterocycles. The van der Waals surface area contributed by atoms with Crippen molar-refractivity contribution in [2.45, 2.75) is 45.6 Å². The SMILES string of the molecule is CCNCC1(CN2CC(C)C(N(C)C)C2)CCCC1. The Hall–Kier alpha value is -0.120. The normalized spacial score (nSPS) is 31.4. The van der Waals surface area contributed by atoms with Crippen LogP contribution in [0.25, 0.3) is 0 Å². The molecule has 3 nitrogen and oxygen atoms in total. The van der Waals surface area contributed by atoms with Gasteiger partial charge in [-0.15, -0.1) is 0 Å². The van der Waals surface area contributed by atoms with Crippen LogP contribution in [0.4, 0.5) is 0 Å². The number of hydrogen-bond donors (Lipinski definition) is 1. The summed E-state index contributed by atoms with van der Waals surface area (Å²) in [6.07, 6.45) is 5.73. The minimum Gasteiger partial charge on any atom is -0.316 e. The summed E-state index contributed by atoms with van der Waals surface area (Å²) in [5, 5.41) is 3.61. The van der Waals surface area contributed by atoms with Crippen LogP contribution in [0, 0.1) is 11.3 Å². The Bertz CT molecular complexity index is 271. The summed E-state index contributed by atoms with van der Waals surface area (Å²) in [5.74, 6) is 0.813. The Morgan fingerprint density at radius 1 is 1.21 bits per heavy atom. The van der Waals surface area contributed by atoms with Gasteiger partial charge in [-0.1, -0.05) is 26.7 Å². The van der Waals surface area contributed by atoms with E-state index < -0.39 is 0 Å². The summed E-state index contributed by atoms with van der Waals surface area (Å²) >= 11 is 0. The third-order valence-corrected chi connectivity index (χ3v) is 5.28. The smallest absolute Gasteiger partial charge is 0.0254 e. The number of nitrogens with one attached hydrogen (secondary N) is 1. The molecule has 2 fully saturated rings. The lowest BCUT2D eigenvalue weighted by molar-refractivity contribution is 0.163. The van der Waals surface area contributed by atoms with Crippen molar-refractivity contribution in [3.8, 4) is 0 Å². The highest BCUT2D eigenvalue weighted by molar-refractivity contribution is 4.94. The number of rotatable bonds is 6. The lowest BCUT2D eigenvalue weighted by atomic mass is 9.85. The second kappa shape index (κ2) is 6.55. The summed E-state index contributed by atoms with van der Waals surface area (Å²) in [4.78, 5) is 5.15. The highest BCUT2D eigenvalue weighted by Gasteiger charge is 2.39. The lowest BCUT2D eigenvalue weighted by Gasteiger charge is -2.34. The van der Waals surface area contributed by atoms with Gasteiger partial charge in [-0.2, -0.15) is 0 Å². The zero-order valence-corrected chi connectivity index (χ0v) is 13.4. The van der Waals surface area contributed by atoms with Crippen molar-refractivity contribution in [1.29, 1.82) is 0 Å². The second-order valence-corrected chi connectivity index (χ2v) is 7.19. The topological polar surface area (TPSA) is 18.5 Å². The van der Waals surface area contributed by atoms with E-state index in [1.165, 1.54) is 51.9 Å². The quantitative estimate of drug-likeness (QED) is 0.794. The molecular weight excluding hydrogens is 234 g/mol. The number of likely N-dealkylation sites (tertiary alicyclic amines) is 1. The summed E-state index contributed by atoms with van der Waals surface area (Å²) in [5.41, 5.74) is 0.566. The molecule has 2 atom stereocenters. The van der Waals surface area contributed by atoms with Gasteiger partial charge in [0.15, 0.2) is 0 Å². The van der Waals surface area contributed by atoms with Crippen LogP contribution in [0.15, 0.2) is 0 Å². The van der Waals surface area contributed by atoms with Gasteiger partial charge in [0, 0.05) is 32.2 Å². The molecule has 0 aromatic heterocycles. The number of hydrogen-bond acceptors (Lipinski definition) is 3. The lowest BCUT2D eigenvalue weighted by Crippen LogP contribution is -2.43. The van der Waals surface area contributed by atoms with Crippen molar-refractivity contribution in [2.24, 2.45) is 11.3 Å². The fourth-order valence-corrected chi connectivity index (χ4v) is 4.23. The molecule has 1 saturated carbocycles. The largest absolute Gasteiger partial charge is 0.316 e. The zero-order chi connectivity index (χ0) is 13.9. The van der Waals surface area contributed by atoms with Gasteiger partial charge < -0.3 is 15.1 Å². The van der Waals surface area contributed by atoms with Crippen molar-refractivity contribution < 1.29 is 0 Å². The molecular formula is C16H33N3. The van der Waals surface area contributed by atoms with E-state index in [-0.39, 0.29) is 0 Å². The molecule has 0 aromatic carbocycles. The molecule has 19 heavy (non-hydrogen) atoms. The predicted molar refractivity (Wildman–Crippen MR) is 82.5 cm³/mol. The first-order valence-corrected chi connectivity index (χ1v) is 8.16. The highest BCUT2D eigenvalue weighted by Crippen LogP contribution is 2.39. The van der Waals surface area contributed by atoms with Crippen LogP contribution in [0.5, 0.6) is 0 Å². The van der Waals surface area contributed by atoms with Crippen molar-refractivity contribution in [1.82, 2.24) is 15.1 Å². The fraction of sp³-hybridized carbons (Fsp3) is 1.00. The Labute approximate surface area is 119 Å². The van der Waals surface area contributed by atoms with Crippen LogP contribution in [0.1, 0.15) is 39.5 Å². The van der Waals surface area contributed by atoms with E-state index in [1.54, 1.807) is 0 Å². The Morgan fingerprint density at radius 2 is 1.89 bits per heavy atom. The summed E-state index contributed by atoms with van der Waals surface area (Å²) in [6, 6.07) is 0.748.